The van der Waals surface area contributed by atoms with Crippen molar-refractivity contribution in [3.05, 3.63) is 29.3 Å². The van der Waals surface area contributed by atoms with Crippen LogP contribution in [0, 0.1) is 13.8 Å². The zero-order valence-corrected chi connectivity index (χ0v) is 15.6. The van der Waals surface area contributed by atoms with Gasteiger partial charge in [-0.25, -0.2) is 4.79 Å². The predicted molar refractivity (Wildman–Crippen MR) is 102 cm³/mol. The second kappa shape index (κ2) is 10.4. The van der Waals surface area contributed by atoms with Crippen LogP contribution in [0.4, 0.5) is 10.5 Å². The van der Waals surface area contributed by atoms with E-state index in [9.17, 15) is 4.79 Å². The molecule has 0 atom stereocenters. The third-order valence-corrected chi connectivity index (χ3v) is 4.55. The lowest BCUT2D eigenvalue weighted by atomic mass is 10.1. The number of piperazine rings is 1. The standard InChI is InChI=1S/C19H32N4O2/c1-16-13-17(2)15-18(14-16)21-19(25)20-5-3-4-6-22-7-9-23(10-8-22)11-12-24/h13-15,24H,3-12H2,1-2H3,(H2,20,21,25). The van der Waals surface area contributed by atoms with Gasteiger partial charge in [0.25, 0.3) is 0 Å². The van der Waals surface area contributed by atoms with Crippen LogP contribution in [0.15, 0.2) is 18.2 Å². The Balaban J connectivity index is 1.55. The quantitative estimate of drug-likeness (QED) is 0.627. The van der Waals surface area contributed by atoms with E-state index >= 15 is 0 Å². The van der Waals surface area contributed by atoms with Gasteiger partial charge in [-0.15, -0.1) is 0 Å². The van der Waals surface area contributed by atoms with Crippen molar-refractivity contribution in [2.75, 3.05) is 57.7 Å². The minimum atomic E-state index is -0.136. The van der Waals surface area contributed by atoms with E-state index in [1.807, 2.05) is 26.0 Å². The van der Waals surface area contributed by atoms with Gasteiger partial charge in [0.15, 0.2) is 0 Å². The minimum absolute atomic E-state index is 0.136. The van der Waals surface area contributed by atoms with E-state index in [1.54, 1.807) is 0 Å². The largest absolute Gasteiger partial charge is 0.395 e. The Hall–Kier alpha value is -1.63. The molecular formula is C19H32N4O2. The summed E-state index contributed by atoms with van der Waals surface area (Å²) >= 11 is 0. The fourth-order valence-electron chi connectivity index (χ4n) is 3.26. The van der Waals surface area contributed by atoms with Crippen LogP contribution in [0.25, 0.3) is 0 Å². The highest BCUT2D eigenvalue weighted by molar-refractivity contribution is 5.89. The molecule has 6 heteroatoms. The highest BCUT2D eigenvalue weighted by atomic mass is 16.3. The average Bonchev–Trinajstić information content (AvgIpc) is 2.55. The molecule has 1 aromatic carbocycles. The molecule has 3 N–H and O–H groups in total. The van der Waals surface area contributed by atoms with Crippen molar-refractivity contribution in [1.82, 2.24) is 15.1 Å². The number of anilines is 1. The monoisotopic (exact) mass is 348 g/mol. The number of nitrogens with zero attached hydrogens (tertiary/aromatic N) is 2. The third kappa shape index (κ3) is 7.42. The minimum Gasteiger partial charge on any atom is -0.395 e. The Labute approximate surface area is 151 Å². The summed E-state index contributed by atoms with van der Waals surface area (Å²) in [5.74, 6) is 0. The van der Waals surface area contributed by atoms with Crippen molar-refractivity contribution >= 4 is 11.7 Å². The van der Waals surface area contributed by atoms with E-state index in [1.165, 1.54) is 0 Å². The molecule has 2 rings (SSSR count). The Bertz CT molecular complexity index is 522. The lowest BCUT2D eigenvalue weighted by molar-refractivity contribution is 0.111. The van der Waals surface area contributed by atoms with Crippen LogP contribution in [0.5, 0.6) is 0 Å². The van der Waals surface area contributed by atoms with E-state index in [2.05, 4.69) is 26.5 Å². The summed E-state index contributed by atoms with van der Waals surface area (Å²) < 4.78 is 0. The molecule has 2 amide bonds. The molecule has 0 unspecified atom stereocenters. The van der Waals surface area contributed by atoms with Crippen molar-refractivity contribution < 1.29 is 9.90 Å². The highest BCUT2D eigenvalue weighted by Crippen LogP contribution is 2.13. The number of β-amino-alcohol motifs (C(OH)–C–C–N with tert-alkyl or cyclic N) is 1. The lowest BCUT2D eigenvalue weighted by Crippen LogP contribution is -2.47. The summed E-state index contributed by atoms with van der Waals surface area (Å²) in [4.78, 5) is 16.7. The second-order valence-corrected chi connectivity index (χ2v) is 6.87. The van der Waals surface area contributed by atoms with Crippen LogP contribution in [-0.4, -0.2) is 73.4 Å². The molecule has 1 heterocycles. The van der Waals surface area contributed by atoms with Gasteiger partial charge in [-0.3, -0.25) is 4.90 Å². The Morgan fingerprint density at radius 1 is 1.00 bits per heavy atom. The molecule has 0 saturated carbocycles. The number of aliphatic hydroxyl groups is 1. The number of aliphatic hydroxyl groups excluding tert-OH is 1. The van der Waals surface area contributed by atoms with Gasteiger partial charge in [0.05, 0.1) is 6.61 Å². The summed E-state index contributed by atoms with van der Waals surface area (Å²) in [6.07, 6.45) is 2.07. The number of amides is 2. The van der Waals surface area contributed by atoms with E-state index in [0.29, 0.717) is 6.54 Å². The molecule has 1 saturated heterocycles. The van der Waals surface area contributed by atoms with Crippen LogP contribution < -0.4 is 10.6 Å². The van der Waals surface area contributed by atoms with Crippen molar-refractivity contribution in [2.24, 2.45) is 0 Å². The van der Waals surface area contributed by atoms with Gasteiger partial charge < -0.3 is 20.6 Å². The molecule has 0 aromatic heterocycles. The van der Waals surface area contributed by atoms with E-state index in [-0.39, 0.29) is 12.6 Å². The lowest BCUT2D eigenvalue weighted by Gasteiger charge is -2.34. The molecule has 25 heavy (non-hydrogen) atoms. The number of unbranched alkanes of at least 4 members (excludes halogenated alkanes) is 1. The summed E-state index contributed by atoms with van der Waals surface area (Å²) in [6.45, 7) is 11.1. The number of hydrogen-bond acceptors (Lipinski definition) is 4. The van der Waals surface area contributed by atoms with Gasteiger partial charge in [-0.05, 0) is 56.5 Å². The summed E-state index contributed by atoms with van der Waals surface area (Å²) in [6, 6.07) is 5.90. The van der Waals surface area contributed by atoms with Gasteiger partial charge in [0.2, 0.25) is 0 Å². The predicted octanol–water partition coefficient (Wildman–Crippen LogP) is 1.82. The van der Waals surface area contributed by atoms with Gasteiger partial charge >= 0.3 is 6.03 Å². The average molecular weight is 348 g/mol. The molecular weight excluding hydrogens is 316 g/mol. The number of carbonyl (C=O) groups is 1. The summed E-state index contributed by atoms with van der Waals surface area (Å²) in [5.41, 5.74) is 3.14. The van der Waals surface area contributed by atoms with Crippen LogP contribution in [0.3, 0.4) is 0 Å². The molecule has 1 aliphatic heterocycles. The molecule has 140 valence electrons. The molecule has 0 bridgehead atoms. The number of rotatable bonds is 8. The summed E-state index contributed by atoms with van der Waals surface area (Å²) in [7, 11) is 0. The Kier molecular flexibility index (Phi) is 8.18. The number of aryl methyl sites for hydroxylation is 2. The van der Waals surface area contributed by atoms with Gasteiger partial charge in [-0.1, -0.05) is 6.07 Å². The molecule has 6 nitrogen and oxygen atoms in total. The third-order valence-electron chi connectivity index (χ3n) is 4.55. The van der Waals surface area contributed by atoms with E-state index < -0.39 is 0 Å². The SMILES string of the molecule is Cc1cc(C)cc(NC(=O)NCCCCN2CCN(CCO)CC2)c1. The Morgan fingerprint density at radius 2 is 1.60 bits per heavy atom. The normalized spacial score (nSPS) is 16.0. The fraction of sp³-hybridized carbons (Fsp3) is 0.632. The zero-order chi connectivity index (χ0) is 18.1. The topological polar surface area (TPSA) is 67.8 Å². The van der Waals surface area contributed by atoms with E-state index in [4.69, 9.17) is 5.11 Å². The second-order valence-electron chi connectivity index (χ2n) is 6.87. The fourth-order valence-corrected chi connectivity index (χ4v) is 3.26. The van der Waals surface area contributed by atoms with Gasteiger partial charge in [0, 0.05) is 45.0 Å². The first-order chi connectivity index (χ1) is 12.1. The molecule has 0 radical (unpaired) electrons. The molecule has 1 aliphatic rings. The first-order valence-electron chi connectivity index (χ1n) is 9.25. The van der Waals surface area contributed by atoms with E-state index in [0.717, 1.165) is 68.9 Å². The Morgan fingerprint density at radius 3 is 2.20 bits per heavy atom. The first kappa shape index (κ1) is 19.7. The maximum atomic E-state index is 11.9. The van der Waals surface area contributed by atoms with Crippen molar-refractivity contribution in [1.29, 1.82) is 0 Å². The smallest absolute Gasteiger partial charge is 0.319 e. The molecule has 1 aromatic rings. The van der Waals surface area contributed by atoms with Crippen molar-refractivity contribution in [3.63, 3.8) is 0 Å². The van der Waals surface area contributed by atoms with Gasteiger partial charge in [0.1, 0.15) is 0 Å². The number of hydrogen-bond donors (Lipinski definition) is 3. The number of carbonyl (C=O) groups excluding carboxylic acids is 1. The zero-order valence-electron chi connectivity index (χ0n) is 15.6. The number of nitrogens with one attached hydrogen (secondary N) is 2. The van der Waals surface area contributed by atoms with Crippen molar-refractivity contribution in [3.8, 4) is 0 Å². The van der Waals surface area contributed by atoms with Crippen LogP contribution in [-0.2, 0) is 0 Å². The molecule has 1 fully saturated rings. The molecule has 0 aliphatic carbocycles. The first-order valence-corrected chi connectivity index (χ1v) is 9.25. The van der Waals surface area contributed by atoms with Crippen LogP contribution in [0.2, 0.25) is 0 Å². The number of urea groups is 1. The highest BCUT2D eigenvalue weighted by Gasteiger charge is 2.15. The summed E-state index contributed by atoms with van der Waals surface area (Å²) in [5, 5.41) is 14.8. The van der Waals surface area contributed by atoms with Gasteiger partial charge in [-0.2, -0.15) is 0 Å². The van der Waals surface area contributed by atoms with Crippen LogP contribution in [0.1, 0.15) is 24.0 Å². The van der Waals surface area contributed by atoms with Crippen LogP contribution >= 0.6 is 0 Å². The van der Waals surface area contributed by atoms with Crippen molar-refractivity contribution in [2.45, 2.75) is 26.7 Å². The maximum absolute atomic E-state index is 11.9. The number of benzene rings is 1. The maximum Gasteiger partial charge on any atom is 0.319 e. The molecule has 0 spiro atoms.